The number of halogens is 3. The van der Waals surface area contributed by atoms with Crippen LogP contribution in [0.3, 0.4) is 0 Å². The third kappa shape index (κ3) is 7.95. The second kappa shape index (κ2) is 13.0. The van der Waals surface area contributed by atoms with Gasteiger partial charge in [0.05, 0.1) is 18.2 Å². The molecule has 4 N–H and O–H groups in total. The van der Waals surface area contributed by atoms with Crippen molar-refractivity contribution in [2.24, 2.45) is 13.0 Å². The van der Waals surface area contributed by atoms with Gasteiger partial charge in [-0.2, -0.15) is 23.3 Å². The van der Waals surface area contributed by atoms with Gasteiger partial charge in [-0.3, -0.25) is 14.3 Å². The summed E-state index contributed by atoms with van der Waals surface area (Å²) in [7, 11) is 1.82. The molecule has 3 aromatic rings. The maximum Gasteiger partial charge on any atom is 0.421 e. The SMILES string of the molecule is C.Cc1cc(CNC(=O)c2ccc(Nc3ncc(C(F)(F)F)c(N[C@@H]4CCC[C@@H]4C(=O)NC(C)C)n3)cc2)nn1C. The number of anilines is 3. The van der Waals surface area contributed by atoms with E-state index < -0.39 is 23.7 Å². The number of carbonyl (C=O) groups is 2. The van der Waals surface area contributed by atoms with Crippen LogP contribution in [0.25, 0.3) is 0 Å². The highest BCUT2D eigenvalue weighted by atomic mass is 19.4. The summed E-state index contributed by atoms with van der Waals surface area (Å²) < 4.78 is 43.0. The minimum absolute atomic E-state index is 0. The molecule has 13 heteroatoms. The Labute approximate surface area is 237 Å². The van der Waals surface area contributed by atoms with Crippen LogP contribution in [0.1, 0.15) is 67.8 Å². The van der Waals surface area contributed by atoms with Crippen molar-refractivity contribution in [3.63, 3.8) is 0 Å². The summed E-state index contributed by atoms with van der Waals surface area (Å²) >= 11 is 0. The molecular formula is C28H37F3N8O2. The smallest absolute Gasteiger partial charge is 0.366 e. The van der Waals surface area contributed by atoms with Gasteiger partial charge in [0.1, 0.15) is 11.4 Å². The molecule has 2 aromatic heterocycles. The van der Waals surface area contributed by atoms with Crippen LogP contribution in [0, 0.1) is 12.8 Å². The monoisotopic (exact) mass is 574 g/mol. The van der Waals surface area contributed by atoms with Crippen LogP contribution in [0.15, 0.2) is 36.5 Å². The van der Waals surface area contributed by atoms with Crippen LogP contribution in [0.5, 0.6) is 0 Å². The number of aryl methyl sites for hydroxylation is 2. The molecule has 2 heterocycles. The van der Waals surface area contributed by atoms with Gasteiger partial charge in [0.25, 0.3) is 5.91 Å². The molecular weight excluding hydrogens is 537 g/mol. The second-order valence-corrected chi connectivity index (χ2v) is 10.2. The first-order chi connectivity index (χ1) is 18.9. The van der Waals surface area contributed by atoms with Gasteiger partial charge in [-0.05, 0) is 63.9 Å². The molecule has 1 aliphatic carbocycles. The summed E-state index contributed by atoms with van der Waals surface area (Å²) in [4.78, 5) is 33.1. The number of hydrogen-bond donors (Lipinski definition) is 4. The minimum Gasteiger partial charge on any atom is -0.366 e. The van der Waals surface area contributed by atoms with Crippen molar-refractivity contribution in [2.75, 3.05) is 10.6 Å². The van der Waals surface area contributed by atoms with Crippen LogP contribution >= 0.6 is 0 Å². The predicted octanol–water partition coefficient (Wildman–Crippen LogP) is 4.95. The molecule has 4 rings (SSSR count). The average molecular weight is 575 g/mol. The van der Waals surface area contributed by atoms with Gasteiger partial charge in [0.2, 0.25) is 11.9 Å². The molecule has 2 atom stereocenters. The lowest BCUT2D eigenvalue weighted by Crippen LogP contribution is -2.41. The highest BCUT2D eigenvalue weighted by Gasteiger charge is 2.39. The molecule has 0 spiro atoms. The number of rotatable bonds is 9. The first kappa shape index (κ1) is 31.4. The topological polar surface area (TPSA) is 126 Å². The Balaban J connectivity index is 0.00000462. The minimum atomic E-state index is -4.68. The van der Waals surface area contributed by atoms with Crippen LogP contribution in [-0.2, 0) is 24.6 Å². The first-order valence-corrected chi connectivity index (χ1v) is 13.1. The molecule has 1 aromatic carbocycles. The maximum absolute atomic E-state index is 13.8. The molecule has 0 radical (unpaired) electrons. The summed E-state index contributed by atoms with van der Waals surface area (Å²) in [5.74, 6) is -1.39. The summed E-state index contributed by atoms with van der Waals surface area (Å²) in [6, 6.07) is 7.71. The average Bonchev–Trinajstić information content (AvgIpc) is 3.47. The van der Waals surface area contributed by atoms with Crippen molar-refractivity contribution < 1.29 is 22.8 Å². The molecule has 0 bridgehead atoms. The van der Waals surface area contributed by atoms with E-state index in [9.17, 15) is 22.8 Å². The molecule has 41 heavy (non-hydrogen) atoms. The van der Waals surface area contributed by atoms with Gasteiger partial charge in [0.15, 0.2) is 0 Å². The molecule has 1 saturated carbocycles. The molecule has 0 aliphatic heterocycles. The summed E-state index contributed by atoms with van der Waals surface area (Å²) in [6.07, 6.45) is -2.12. The Morgan fingerprint density at radius 1 is 1.15 bits per heavy atom. The highest BCUT2D eigenvalue weighted by molar-refractivity contribution is 5.94. The van der Waals surface area contributed by atoms with Gasteiger partial charge < -0.3 is 21.3 Å². The maximum atomic E-state index is 13.8. The van der Waals surface area contributed by atoms with Crippen LogP contribution in [0.2, 0.25) is 0 Å². The van der Waals surface area contributed by atoms with Gasteiger partial charge in [-0.15, -0.1) is 0 Å². The Morgan fingerprint density at radius 2 is 1.85 bits per heavy atom. The Hall–Kier alpha value is -4.16. The van der Waals surface area contributed by atoms with Crippen molar-refractivity contribution in [2.45, 2.75) is 72.3 Å². The van der Waals surface area contributed by atoms with E-state index in [4.69, 9.17) is 0 Å². The fourth-order valence-electron chi connectivity index (χ4n) is 4.60. The standard InChI is InChI=1S/C27H33F3N8O2.CH4/c1-15(2)33-25(40)20-6-5-7-22(20)35-23-21(27(28,29)30)14-32-26(36-23)34-18-10-8-17(9-11-18)24(39)31-13-19-12-16(3)38(4)37-19;/h8-12,14-15,20,22H,5-7,13H2,1-4H3,(H,31,39)(H,33,40)(H2,32,34,35,36);1H4/t20-,22+;/m0./s1. The normalized spacial score (nSPS) is 16.7. The third-order valence-electron chi connectivity index (χ3n) is 6.70. The zero-order valence-electron chi connectivity index (χ0n) is 22.8. The fourth-order valence-corrected chi connectivity index (χ4v) is 4.60. The van der Waals surface area contributed by atoms with Gasteiger partial charge in [-0.25, -0.2) is 4.98 Å². The van der Waals surface area contributed by atoms with Crippen molar-refractivity contribution in [1.29, 1.82) is 0 Å². The Bertz CT molecular complexity index is 1340. The number of nitrogens with zero attached hydrogens (tertiary/aromatic N) is 4. The van der Waals surface area contributed by atoms with Gasteiger partial charge in [0, 0.05) is 42.3 Å². The lowest BCUT2D eigenvalue weighted by molar-refractivity contribution is -0.137. The lowest BCUT2D eigenvalue weighted by atomic mass is 10.0. The van der Waals surface area contributed by atoms with Crippen LogP contribution in [0.4, 0.5) is 30.6 Å². The van der Waals surface area contributed by atoms with Gasteiger partial charge in [-0.1, -0.05) is 13.8 Å². The fraction of sp³-hybridized carbons (Fsp3) is 0.464. The van der Waals surface area contributed by atoms with E-state index in [2.05, 4.69) is 36.3 Å². The number of aromatic nitrogens is 4. The van der Waals surface area contributed by atoms with Crippen molar-refractivity contribution >= 4 is 29.3 Å². The van der Waals surface area contributed by atoms with Crippen molar-refractivity contribution in [3.8, 4) is 0 Å². The molecule has 0 saturated heterocycles. The molecule has 10 nitrogen and oxygen atoms in total. The van der Waals surface area contributed by atoms with E-state index in [1.54, 1.807) is 28.9 Å². The van der Waals surface area contributed by atoms with Crippen molar-refractivity contribution in [1.82, 2.24) is 30.4 Å². The second-order valence-electron chi connectivity index (χ2n) is 10.2. The Kier molecular flexibility index (Phi) is 9.95. The number of benzene rings is 1. The molecule has 1 aliphatic rings. The zero-order valence-corrected chi connectivity index (χ0v) is 22.8. The summed E-state index contributed by atoms with van der Waals surface area (Å²) in [5.41, 5.74) is 1.59. The number of alkyl halides is 3. The van der Waals surface area contributed by atoms with Crippen LogP contribution in [-0.4, -0.2) is 43.6 Å². The van der Waals surface area contributed by atoms with E-state index >= 15 is 0 Å². The Morgan fingerprint density at radius 3 is 2.46 bits per heavy atom. The first-order valence-electron chi connectivity index (χ1n) is 13.1. The lowest BCUT2D eigenvalue weighted by Gasteiger charge is -2.24. The molecule has 1 fully saturated rings. The highest BCUT2D eigenvalue weighted by Crippen LogP contribution is 2.36. The zero-order chi connectivity index (χ0) is 29.0. The molecule has 2 amide bonds. The predicted molar refractivity (Wildman–Crippen MR) is 151 cm³/mol. The number of carbonyl (C=O) groups excluding carboxylic acids is 2. The molecule has 222 valence electrons. The largest absolute Gasteiger partial charge is 0.421 e. The number of hydrogen-bond acceptors (Lipinski definition) is 7. The van der Waals surface area contributed by atoms with E-state index in [1.165, 1.54) is 0 Å². The van der Waals surface area contributed by atoms with Crippen LogP contribution < -0.4 is 21.3 Å². The quantitative estimate of drug-likeness (QED) is 0.285. The number of nitrogens with one attached hydrogen (secondary N) is 4. The van der Waals surface area contributed by atoms with Crippen molar-refractivity contribution in [3.05, 3.63) is 59.0 Å². The number of amides is 2. The van der Waals surface area contributed by atoms with E-state index in [-0.39, 0.29) is 43.6 Å². The van der Waals surface area contributed by atoms with E-state index in [1.807, 2.05) is 33.9 Å². The summed E-state index contributed by atoms with van der Waals surface area (Å²) in [6.45, 7) is 5.86. The van der Waals surface area contributed by atoms with E-state index in [0.29, 0.717) is 30.5 Å². The third-order valence-corrected chi connectivity index (χ3v) is 6.70. The van der Waals surface area contributed by atoms with E-state index in [0.717, 1.165) is 17.6 Å². The summed E-state index contributed by atoms with van der Waals surface area (Å²) in [5, 5.41) is 15.7. The molecule has 0 unspecified atom stereocenters. The van der Waals surface area contributed by atoms with Gasteiger partial charge >= 0.3 is 6.18 Å².